The molecule has 0 saturated heterocycles. The van der Waals surface area contributed by atoms with Crippen molar-refractivity contribution < 1.29 is 19.8 Å². The molecule has 0 aliphatic heterocycles. The molecule has 92 valence electrons. The van der Waals surface area contributed by atoms with E-state index in [0.717, 1.165) is 19.3 Å². The maximum atomic E-state index is 11.6. The number of hydrogen-bond acceptors (Lipinski definition) is 3. The number of aliphatic hydroxyl groups excluding tert-OH is 1. The standard InChI is InChI=1S/C11H19NO4/c1-7(11(15)16)10(14)12(2)6-8-4-3-5-9(8)13/h7-9,13H,3-6H2,1-2H3,(H,15,16). The lowest BCUT2D eigenvalue weighted by Gasteiger charge is -2.24. The zero-order valence-electron chi connectivity index (χ0n) is 9.72. The minimum Gasteiger partial charge on any atom is -0.481 e. The van der Waals surface area contributed by atoms with E-state index < -0.39 is 17.8 Å². The summed E-state index contributed by atoms with van der Waals surface area (Å²) < 4.78 is 0. The lowest BCUT2D eigenvalue weighted by atomic mass is 10.0. The summed E-state index contributed by atoms with van der Waals surface area (Å²) in [6.07, 6.45) is 2.31. The van der Waals surface area contributed by atoms with Crippen LogP contribution in [0.25, 0.3) is 0 Å². The van der Waals surface area contributed by atoms with Gasteiger partial charge in [0, 0.05) is 19.5 Å². The first-order valence-electron chi connectivity index (χ1n) is 5.59. The maximum absolute atomic E-state index is 11.6. The van der Waals surface area contributed by atoms with Crippen LogP contribution in [0.2, 0.25) is 0 Å². The fourth-order valence-corrected chi connectivity index (χ4v) is 2.11. The van der Waals surface area contributed by atoms with Crippen LogP contribution >= 0.6 is 0 Å². The van der Waals surface area contributed by atoms with E-state index in [4.69, 9.17) is 5.11 Å². The highest BCUT2D eigenvalue weighted by Crippen LogP contribution is 2.26. The molecule has 0 aromatic rings. The first kappa shape index (κ1) is 13.0. The summed E-state index contributed by atoms with van der Waals surface area (Å²) in [5.74, 6) is -2.42. The van der Waals surface area contributed by atoms with Gasteiger partial charge in [0.2, 0.25) is 5.91 Å². The minimum absolute atomic E-state index is 0.0925. The van der Waals surface area contributed by atoms with Crippen molar-refractivity contribution in [1.82, 2.24) is 4.90 Å². The lowest BCUT2D eigenvalue weighted by molar-refractivity contribution is -0.150. The molecule has 0 spiro atoms. The van der Waals surface area contributed by atoms with Gasteiger partial charge in [-0.15, -0.1) is 0 Å². The average molecular weight is 229 g/mol. The Morgan fingerprint density at radius 3 is 2.50 bits per heavy atom. The van der Waals surface area contributed by atoms with Crippen molar-refractivity contribution in [3.63, 3.8) is 0 Å². The second kappa shape index (κ2) is 5.30. The molecule has 1 fully saturated rings. The molecule has 3 atom stereocenters. The number of rotatable bonds is 4. The van der Waals surface area contributed by atoms with Gasteiger partial charge >= 0.3 is 5.97 Å². The number of carboxylic acid groups (broad SMARTS) is 1. The monoisotopic (exact) mass is 229 g/mol. The lowest BCUT2D eigenvalue weighted by Crippen LogP contribution is -2.39. The van der Waals surface area contributed by atoms with Crippen molar-refractivity contribution >= 4 is 11.9 Å². The molecule has 0 aromatic carbocycles. The molecule has 2 N–H and O–H groups in total. The quantitative estimate of drug-likeness (QED) is 0.681. The summed E-state index contributed by atoms with van der Waals surface area (Å²) in [4.78, 5) is 23.7. The summed E-state index contributed by atoms with van der Waals surface area (Å²) in [6, 6.07) is 0. The van der Waals surface area contributed by atoms with Crippen LogP contribution in [0.3, 0.4) is 0 Å². The number of aliphatic carboxylic acids is 1. The summed E-state index contributed by atoms with van der Waals surface area (Å²) in [7, 11) is 1.59. The number of amides is 1. The van der Waals surface area contributed by atoms with Crippen LogP contribution in [-0.2, 0) is 9.59 Å². The van der Waals surface area contributed by atoms with E-state index in [1.807, 2.05) is 0 Å². The van der Waals surface area contributed by atoms with Gasteiger partial charge < -0.3 is 15.1 Å². The van der Waals surface area contributed by atoms with Gasteiger partial charge in [-0.1, -0.05) is 6.42 Å². The van der Waals surface area contributed by atoms with Crippen molar-refractivity contribution in [2.45, 2.75) is 32.3 Å². The highest BCUT2D eigenvalue weighted by atomic mass is 16.4. The van der Waals surface area contributed by atoms with E-state index in [0.29, 0.717) is 6.54 Å². The average Bonchev–Trinajstić information content (AvgIpc) is 2.62. The zero-order valence-corrected chi connectivity index (χ0v) is 9.72. The van der Waals surface area contributed by atoms with E-state index in [9.17, 15) is 14.7 Å². The predicted molar refractivity (Wildman–Crippen MR) is 57.8 cm³/mol. The number of aliphatic hydroxyl groups is 1. The molecule has 0 aromatic heterocycles. The number of carbonyl (C=O) groups excluding carboxylic acids is 1. The molecule has 1 saturated carbocycles. The van der Waals surface area contributed by atoms with Crippen LogP contribution in [0.15, 0.2) is 0 Å². The first-order valence-corrected chi connectivity index (χ1v) is 5.59. The number of hydrogen-bond donors (Lipinski definition) is 2. The summed E-state index contributed by atoms with van der Waals surface area (Å²) in [6.45, 7) is 1.82. The SMILES string of the molecule is CC(C(=O)O)C(=O)N(C)CC1CCCC1O. The largest absolute Gasteiger partial charge is 0.481 e. The van der Waals surface area contributed by atoms with Crippen molar-refractivity contribution in [1.29, 1.82) is 0 Å². The third kappa shape index (κ3) is 2.95. The van der Waals surface area contributed by atoms with Crippen molar-refractivity contribution in [3.05, 3.63) is 0 Å². The number of carbonyl (C=O) groups is 2. The van der Waals surface area contributed by atoms with Gasteiger partial charge in [0.15, 0.2) is 0 Å². The Morgan fingerprint density at radius 1 is 1.44 bits per heavy atom. The molecule has 1 aliphatic carbocycles. The Balaban J connectivity index is 2.48. The highest BCUT2D eigenvalue weighted by Gasteiger charge is 2.30. The van der Waals surface area contributed by atoms with Crippen LogP contribution in [0.1, 0.15) is 26.2 Å². The van der Waals surface area contributed by atoms with Gasteiger partial charge in [0.25, 0.3) is 0 Å². The molecule has 5 heteroatoms. The van der Waals surface area contributed by atoms with Gasteiger partial charge in [-0.25, -0.2) is 0 Å². The molecule has 0 heterocycles. The van der Waals surface area contributed by atoms with Gasteiger partial charge in [-0.2, -0.15) is 0 Å². The summed E-state index contributed by atoms with van der Waals surface area (Å²) in [5, 5.41) is 18.3. The fourth-order valence-electron chi connectivity index (χ4n) is 2.11. The molecular weight excluding hydrogens is 210 g/mol. The Morgan fingerprint density at radius 2 is 2.06 bits per heavy atom. The van der Waals surface area contributed by atoms with Crippen molar-refractivity contribution in [3.8, 4) is 0 Å². The van der Waals surface area contributed by atoms with Gasteiger partial charge in [-0.3, -0.25) is 9.59 Å². The Hall–Kier alpha value is -1.10. The van der Waals surface area contributed by atoms with E-state index in [1.54, 1.807) is 7.05 Å². The van der Waals surface area contributed by atoms with Crippen LogP contribution in [0, 0.1) is 11.8 Å². The molecule has 1 aliphatic rings. The van der Waals surface area contributed by atoms with E-state index in [-0.39, 0.29) is 12.0 Å². The van der Waals surface area contributed by atoms with Crippen LogP contribution in [-0.4, -0.2) is 46.7 Å². The maximum Gasteiger partial charge on any atom is 0.315 e. The van der Waals surface area contributed by atoms with E-state index in [2.05, 4.69) is 0 Å². The smallest absolute Gasteiger partial charge is 0.315 e. The molecule has 1 rings (SSSR count). The molecule has 0 bridgehead atoms. The van der Waals surface area contributed by atoms with E-state index >= 15 is 0 Å². The molecule has 16 heavy (non-hydrogen) atoms. The van der Waals surface area contributed by atoms with E-state index in [1.165, 1.54) is 11.8 Å². The predicted octanol–water partition coefficient (Wildman–Crippen LogP) is 0.326. The van der Waals surface area contributed by atoms with Crippen molar-refractivity contribution in [2.24, 2.45) is 11.8 Å². The second-order valence-corrected chi connectivity index (χ2v) is 4.54. The topological polar surface area (TPSA) is 77.8 Å². The Labute approximate surface area is 95.1 Å². The molecule has 1 amide bonds. The minimum atomic E-state index is -1.11. The first-order chi connectivity index (χ1) is 7.43. The third-order valence-electron chi connectivity index (χ3n) is 3.24. The number of nitrogens with zero attached hydrogens (tertiary/aromatic N) is 1. The molecule has 5 nitrogen and oxygen atoms in total. The van der Waals surface area contributed by atoms with Gasteiger partial charge in [0.1, 0.15) is 5.92 Å². The Bertz CT molecular complexity index is 279. The molecule has 0 radical (unpaired) electrons. The normalized spacial score (nSPS) is 26.4. The van der Waals surface area contributed by atoms with Crippen molar-refractivity contribution in [2.75, 3.05) is 13.6 Å². The molecular formula is C11H19NO4. The highest BCUT2D eigenvalue weighted by molar-refractivity contribution is 5.96. The second-order valence-electron chi connectivity index (χ2n) is 4.54. The van der Waals surface area contributed by atoms with Gasteiger partial charge in [-0.05, 0) is 19.8 Å². The van der Waals surface area contributed by atoms with Gasteiger partial charge in [0.05, 0.1) is 6.10 Å². The fraction of sp³-hybridized carbons (Fsp3) is 0.818. The summed E-state index contributed by atoms with van der Waals surface area (Å²) >= 11 is 0. The summed E-state index contributed by atoms with van der Waals surface area (Å²) in [5.41, 5.74) is 0. The van der Waals surface area contributed by atoms with Crippen LogP contribution in [0.5, 0.6) is 0 Å². The van der Waals surface area contributed by atoms with Crippen LogP contribution in [0.4, 0.5) is 0 Å². The Kier molecular flexibility index (Phi) is 4.29. The molecule has 3 unspecified atom stereocenters. The number of carboxylic acids is 1. The third-order valence-corrected chi connectivity index (χ3v) is 3.24. The van der Waals surface area contributed by atoms with Crippen LogP contribution < -0.4 is 0 Å². The zero-order chi connectivity index (χ0) is 12.3.